The van der Waals surface area contributed by atoms with E-state index >= 15 is 0 Å². The first-order valence-corrected chi connectivity index (χ1v) is 7.41. The number of hydrogen-bond donors (Lipinski definition) is 1. The molecule has 1 aliphatic rings. The van der Waals surface area contributed by atoms with Crippen molar-refractivity contribution in [2.75, 3.05) is 7.05 Å². The van der Waals surface area contributed by atoms with Gasteiger partial charge in [-0.25, -0.2) is 8.78 Å². The third-order valence-electron chi connectivity index (χ3n) is 4.40. The first-order valence-electron chi connectivity index (χ1n) is 7.41. The Bertz CT molecular complexity index is 618. The van der Waals surface area contributed by atoms with Crippen LogP contribution in [0.1, 0.15) is 47.9 Å². The second kappa shape index (κ2) is 5.94. The summed E-state index contributed by atoms with van der Waals surface area (Å²) in [5.41, 5.74) is 2.64. The minimum Gasteiger partial charge on any atom is -0.309 e. The lowest BCUT2D eigenvalue weighted by Gasteiger charge is -2.26. The molecule has 1 atom stereocenters. The highest BCUT2D eigenvalue weighted by Gasteiger charge is 2.21. The normalized spacial score (nSPS) is 16.5. The molecule has 0 aliphatic heterocycles. The van der Waals surface area contributed by atoms with Crippen LogP contribution in [0.5, 0.6) is 0 Å². The highest BCUT2D eigenvalue weighted by molar-refractivity contribution is 5.35. The van der Waals surface area contributed by atoms with Gasteiger partial charge in [-0.2, -0.15) is 0 Å². The van der Waals surface area contributed by atoms with Gasteiger partial charge in [-0.1, -0.05) is 30.7 Å². The van der Waals surface area contributed by atoms with Crippen LogP contribution in [-0.4, -0.2) is 7.05 Å². The molecule has 1 unspecified atom stereocenters. The fourth-order valence-electron chi connectivity index (χ4n) is 2.94. The summed E-state index contributed by atoms with van der Waals surface area (Å²) in [7, 11) is 1.76. The zero-order chi connectivity index (χ0) is 14.8. The maximum absolute atomic E-state index is 14.0. The first kappa shape index (κ1) is 14.2. The Balaban J connectivity index is 1.90. The van der Waals surface area contributed by atoms with Gasteiger partial charge >= 0.3 is 0 Å². The van der Waals surface area contributed by atoms with E-state index in [-0.39, 0.29) is 11.9 Å². The van der Waals surface area contributed by atoms with Gasteiger partial charge in [0.15, 0.2) is 0 Å². The number of rotatable bonds is 4. The quantitative estimate of drug-likeness (QED) is 0.870. The van der Waals surface area contributed by atoms with E-state index in [0.29, 0.717) is 11.5 Å². The van der Waals surface area contributed by atoms with Crippen LogP contribution in [0.3, 0.4) is 0 Å². The highest BCUT2D eigenvalue weighted by atomic mass is 19.1. The molecule has 1 nitrogen and oxygen atoms in total. The van der Waals surface area contributed by atoms with Gasteiger partial charge in [-0.05, 0) is 55.1 Å². The van der Waals surface area contributed by atoms with Crippen molar-refractivity contribution in [3.05, 3.63) is 70.8 Å². The summed E-state index contributed by atoms with van der Waals surface area (Å²) in [6, 6.07) is 11.5. The van der Waals surface area contributed by atoms with Crippen LogP contribution in [0.25, 0.3) is 0 Å². The van der Waals surface area contributed by atoms with Crippen molar-refractivity contribution in [2.24, 2.45) is 0 Å². The Hall–Kier alpha value is -1.74. The van der Waals surface area contributed by atoms with Crippen molar-refractivity contribution in [3.63, 3.8) is 0 Å². The lowest BCUT2D eigenvalue weighted by molar-refractivity contribution is 0.419. The largest absolute Gasteiger partial charge is 0.309 e. The monoisotopic (exact) mass is 287 g/mol. The van der Waals surface area contributed by atoms with Crippen LogP contribution >= 0.6 is 0 Å². The number of hydrogen-bond acceptors (Lipinski definition) is 1. The third kappa shape index (κ3) is 2.84. The number of benzene rings is 2. The summed E-state index contributed by atoms with van der Waals surface area (Å²) in [5, 5.41) is 3.07. The molecule has 0 bridgehead atoms. The zero-order valence-electron chi connectivity index (χ0n) is 12.1. The van der Waals surface area contributed by atoms with E-state index < -0.39 is 5.82 Å². The molecule has 0 aromatic heterocycles. The summed E-state index contributed by atoms with van der Waals surface area (Å²) < 4.78 is 27.3. The molecule has 2 aromatic rings. The molecular formula is C18H19F2N. The Labute approximate surface area is 124 Å². The van der Waals surface area contributed by atoms with Crippen LogP contribution in [-0.2, 0) is 0 Å². The van der Waals surface area contributed by atoms with E-state index in [0.717, 1.165) is 11.6 Å². The average molecular weight is 287 g/mol. The van der Waals surface area contributed by atoms with Crippen molar-refractivity contribution in [1.29, 1.82) is 0 Å². The molecule has 1 N–H and O–H groups in total. The van der Waals surface area contributed by atoms with E-state index in [1.165, 1.54) is 37.0 Å². The zero-order valence-corrected chi connectivity index (χ0v) is 12.1. The predicted octanol–water partition coefficient (Wildman–Crippen LogP) is 4.54. The summed E-state index contributed by atoms with van der Waals surface area (Å²) in [5.74, 6) is -0.130. The minimum absolute atomic E-state index is 0.337. The Morgan fingerprint density at radius 2 is 1.76 bits per heavy atom. The second-order valence-corrected chi connectivity index (χ2v) is 5.68. The topological polar surface area (TPSA) is 12.0 Å². The second-order valence-electron chi connectivity index (χ2n) is 5.68. The summed E-state index contributed by atoms with van der Waals surface area (Å²) in [4.78, 5) is 0. The van der Waals surface area contributed by atoms with Gasteiger partial charge in [-0.3, -0.25) is 0 Å². The summed E-state index contributed by atoms with van der Waals surface area (Å²) >= 11 is 0. The lowest BCUT2D eigenvalue weighted by Crippen LogP contribution is -2.19. The van der Waals surface area contributed by atoms with E-state index in [9.17, 15) is 8.78 Å². The SMILES string of the molecule is CNC(c1ccc(C2CCC2)cc1)c1cc(F)ccc1F. The summed E-state index contributed by atoms with van der Waals surface area (Å²) in [6.07, 6.45) is 3.82. The lowest BCUT2D eigenvalue weighted by atomic mass is 9.79. The van der Waals surface area contributed by atoms with E-state index in [2.05, 4.69) is 17.4 Å². The van der Waals surface area contributed by atoms with Gasteiger partial charge in [0.1, 0.15) is 11.6 Å². The molecule has 3 rings (SSSR count). The minimum atomic E-state index is -0.419. The molecule has 0 heterocycles. The van der Waals surface area contributed by atoms with Gasteiger partial charge < -0.3 is 5.32 Å². The molecule has 0 spiro atoms. The Kier molecular flexibility index (Phi) is 4.02. The number of nitrogens with one attached hydrogen (secondary N) is 1. The molecular weight excluding hydrogens is 268 g/mol. The van der Waals surface area contributed by atoms with Gasteiger partial charge in [0.25, 0.3) is 0 Å². The predicted molar refractivity (Wildman–Crippen MR) is 80.3 cm³/mol. The van der Waals surface area contributed by atoms with Crippen molar-refractivity contribution >= 4 is 0 Å². The summed E-state index contributed by atoms with van der Waals surface area (Å²) in [6.45, 7) is 0. The molecule has 1 aliphatic carbocycles. The van der Waals surface area contributed by atoms with Crippen LogP contribution in [0.15, 0.2) is 42.5 Å². The standard InChI is InChI=1S/C18H19F2N/c1-21-18(16-11-15(19)9-10-17(16)20)14-7-5-13(6-8-14)12-3-2-4-12/h5-12,18,21H,2-4H2,1H3. The molecule has 0 saturated heterocycles. The van der Waals surface area contributed by atoms with Crippen molar-refractivity contribution in [1.82, 2.24) is 5.32 Å². The molecule has 1 saturated carbocycles. The van der Waals surface area contributed by atoms with Crippen LogP contribution in [0.4, 0.5) is 8.78 Å². The molecule has 0 radical (unpaired) electrons. The fourth-order valence-corrected chi connectivity index (χ4v) is 2.94. The van der Waals surface area contributed by atoms with E-state index in [1.807, 2.05) is 12.1 Å². The van der Waals surface area contributed by atoms with Crippen molar-refractivity contribution in [2.45, 2.75) is 31.2 Å². The van der Waals surface area contributed by atoms with Gasteiger partial charge in [0, 0.05) is 5.56 Å². The molecule has 0 amide bonds. The first-order chi connectivity index (χ1) is 10.2. The molecule has 21 heavy (non-hydrogen) atoms. The maximum atomic E-state index is 14.0. The van der Waals surface area contributed by atoms with E-state index in [1.54, 1.807) is 7.05 Å². The van der Waals surface area contributed by atoms with Crippen LogP contribution in [0, 0.1) is 11.6 Å². The van der Waals surface area contributed by atoms with Gasteiger partial charge in [0.05, 0.1) is 6.04 Å². The molecule has 2 aromatic carbocycles. The fraction of sp³-hybridized carbons (Fsp3) is 0.333. The Morgan fingerprint density at radius 1 is 1.05 bits per heavy atom. The van der Waals surface area contributed by atoms with Crippen molar-refractivity contribution < 1.29 is 8.78 Å². The van der Waals surface area contributed by atoms with Crippen LogP contribution in [0.2, 0.25) is 0 Å². The molecule has 3 heteroatoms. The van der Waals surface area contributed by atoms with Crippen LogP contribution < -0.4 is 5.32 Å². The average Bonchev–Trinajstić information content (AvgIpc) is 2.43. The smallest absolute Gasteiger partial charge is 0.128 e. The highest BCUT2D eigenvalue weighted by Crippen LogP contribution is 2.37. The van der Waals surface area contributed by atoms with E-state index in [4.69, 9.17) is 0 Å². The molecule has 110 valence electrons. The third-order valence-corrected chi connectivity index (χ3v) is 4.40. The van der Waals surface area contributed by atoms with Crippen molar-refractivity contribution in [3.8, 4) is 0 Å². The van der Waals surface area contributed by atoms with Gasteiger partial charge in [-0.15, -0.1) is 0 Å². The maximum Gasteiger partial charge on any atom is 0.128 e. The Morgan fingerprint density at radius 3 is 2.33 bits per heavy atom. The number of halogens is 2. The molecule has 1 fully saturated rings. The van der Waals surface area contributed by atoms with Gasteiger partial charge in [0.2, 0.25) is 0 Å².